The first kappa shape index (κ1) is 48.2. The summed E-state index contributed by atoms with van der Waals surface area (Å²) in [6.45, 7) is 2.08. The van der Waals surface area contributed by atoms with E-state index >= 15 is 0 Å². The van der Waals surface area contributed by atoms with E-state index in [1.165, 1.54) is 40.3 Å². The summed E-state index contributed by atoms with van der Waals surface area (Å²) in [4.78, 5) is 83.9. The van der Waals surface area contributed by atoms with Crippen LogP contribution in [0, 0.1) is 6.92 Å². The Morgan fingerprint density at radius 1 is 0.350 bits per heavy atom. The highest BCUT2D eigenvalue weighted by molar-refractivity contribution is 6.34. The third-order valence-electron chi connectivity index (χ3n) is 17.1. The molecule has 382 valence electrons. The van der Waals surface area contributed by atoms with E-state index in [0.717, 1.165) is 66.1 Å². The molecule has 14 rings (SSSR count). The van der Waals surface area contributed by atoms with E-state index < -0.39 is 28.6 Å². The minimum absolute atomic E-state index is 0.0651. The van der Waals surface area contributed by atoms with Gasteiger partial charge in [0, 0.05) is 31.0 Å². The van der Waals surface area contributed by atoms with Crippen LogP contribution in [0.5, 0.6) is 0 Å². The van der Waals surface area contributed by atoms with Gasteiger partial charge in [-0.2, -0.15) is 0 Å². The van der Waals surface area contributed by atoms with Gasteiger partial charge in [0.2, 0.25) is 0 Å². The Bertz CT molecular complexity index is 4230. The van der Waals surface area contributed by atoms with Crippen LogP contribution < -0.4 is 4.90 Å². The van der Waals surface area contributed by atoms with E-state index in [1.54, 1.807) is 30.3 Å². The Balaban J connectivity index is 0.734. The van der Waals surface area contributed by atoms with Crippen molar-refractivity contribution in [2.75, 3.05) is 11.9 Å². The van der Waals surface area contributed by atoms with E-state index in [2.05, 4.69) is 128 Å². The summed E-state index contributed by atoms with van der Waals surface area (Å²) >= 11 is 0. The molecule has 8 heteroatoms. The molecule has 0 N–H and O–H groups in total. The zero-order valence-electron chi connectivity index (χ0n) is 43.7. The Labute approximate surface area is 462 Å². The number of Topliss-reactive ketones (excluding diaryl/α,β-unsaturated/α-hetero) is 2. The molecule has 10 aromatic rings. The first-order chi connectivity index (χ1) is 39.0. The molecule has 0 fully saturated rings. The zero-order chi connectivity index (χ0) is 54.6. The molecule has 0 bridgehead atoms. The first-order valence-electron chi connectivity index (χ1n) is 26.8. The average Bonchev–Trinajstić information content (AvgIpc) is 4.29. The van der Waals surface area contributed by atoms with Gasteiger partial charge in [-0.25, -0.2) is 4.90 Å². The van der Waals surface area contributed by atoms with Gasteiger partial charge in [-0.1, -0.05) is 200 Å². The van der Waals surface area contributed by atoms with Gasteiger partial charge in [-0.05, 0) is 121 Å². The third kappa shape index (κ3) is 7.01. The van der Waals surface area contributed by atoms with Gasteiger partial charge in [-0.3, -0.25) is 33.7 Å². The predicted molar refractivity (Wildman–Crippen MR) is 309 cm³/mol. The minimum atomic E-state index is -0.744. The largest absolute Gasteiger partial charge is 0.294 e. The Morgan fingerprint density at radius 2 is 0.675 bits per heavy atom. The van der Waals surface area contributed by atoms with E-state index in [4.69, 9.17) is 0 Å². The van der Waals surface area contributed by atoms with Crippen molar-refractivity contribution in [3.63, 3.8) is 0 Å². The van der Waals surface area contributed by atoms with Crippen molar-refractivity contribution in [3.8, 4) is 22.3 Å². The number of aryl methyl sites for hydroxylation is 1. The van der Waals surface area contributed by atoms with Gasteiger partial charge in [0.05, 0.1) is 38.8 Å². The van der Waals surface area contributed by atoms with Crippen LogP contribution >= 0.6 is 0 Å². The highest BCUT2D eigenvalue weighted by atomic mass is 16.2. The SMILES string of the molecule is Cc1ccc(C2(c3ccc(N4C(=O)c5ccc(C(=O)Cc6ccc(C7(c8ccc(CC(=O)c9ccc%10c(c9)C(=O)N(C)C%10=O)cc8)c8ccccc8-c8ccccc87)cc6)cc5C4=O)cc3)c3ccccc3-c3ccccc32)cc1. The summed E-state index contributed by atoms with van der Waals surface area (Å²) in [6, 6.07) is 75.9. The molecule has 2 aliphatic heterocycles. The quantitative estimate of drug-likeness (QED) is 0.0943. The van der Waals surface area contributed by atoms with Crippen LogP contribution in [0.4, 0.5) is 5.69 Å². The van der Waals surface area contributed by atoms with Crippen LogP contribution in [0.2, 0.25) is 0 Å². The molecule has 4 aliphatic rings. The summed E-state index contributed by atoms with van der Waals surface area (Å²) in [6.07, 6.45) is 0.165. The average molecular weight is 1040 g/mol. The van der Waals surface area contributed by atoms with Crippen LogP contribution in [-0.2, 0) is 23.7 Å². The number of hydrogen-bond donors (Lipinski definition) is 0. The molecular weight excluding hydrogens is 989 g/mol. The molecule has 2 aliphatic carbocycles. The van der Waals surface area contributed by atoms with Gasteiger partial charge in [0.25, 0.3) is 23.6 Å². The second kappa shape index (κ2) is 18.2. The molecular formula is C72H48N2O6. The number of hydrogen-bond acceptors (Lipinski definition) is 6. The summed E-state index contributed by atoms with van der Waals surface area (Å²) in [5.74, 6) is -2.07. The van der Waals surface area contributed by atoms with Gasteiger partial charge in [0.1, 0.15) is 0 Å². The Morgan fingerprint density at radius 3 is 1.09 bits per heavy atom. The molecule has 2 heterocycles. The van der Waals surface area contributed by atoms with Crippen molar-refractivity contribution >= 4 is 40.9 Å². The number of carbonyl (C=O) groups is 6. The van der Waals surface area contributed by atoms with Crippen molar-refractivity contribution < 1.29 is 28.8 Å². The molecule has 0 saturated heterocycles. The fourth-order valence-electron chi connectivity index (χ4n) is 13.2. The number of fused-ring (bicyclic) bond motifs is 8. The molecule has 0 unspecified atom stereocenters. The Hall–Kier alpha value is -10.2. The van der Waals surface area contributed by atoms with E-state index in [0.29, 0.717) is 22.4 Å². The highest BCUT2D eigenvalue weighted by Gasteiger charge is 2.48. The maximum atomic E-state index is 14.4. The van der Waals surface area contributed by atoms with Crippen LogP contribution in [0.3, 0.4) is 0 Å². The van der Waals surface area contributed by atoms with E-state index in [1.807, 2.05) is 72.8 Å². The molecule has 4 amide bonds. The van der Waals surface area contributed by atoms with Gasteiger partial charge in [0.15, 0.2) is 11.6 Å². The van der Waals surface area contributed by atoms with Crippen LogP contribution in [0.1, 0.15) is 123 Å². The predicted octanol–water partition coefficient (Wildman–Crippen LogP) is 13.6. The summed E-state index contributed by atoms with van der Waals surface area (Å²) in [5, 5.41) is 0. The lowest BCUT2D eigenvalue weighted by Gasteiger charge is -2.34. The van der Waals surface area contributed by atoms with E-state index in [9.17, 15) is 28.8 Å². The number of ketones is 2. The summed E-state index contributed by atoms with van der Waals surface area (Å²) in [5.41, 5.74) is 16.7. The van der Waals surface area contributed by atoms with Crippen molar-refractivity contribution in [2.45, 2.75) is 30.6 Å². The van der Waals surface area contributed by atoms with Gasteiger partial charge >= 0.3 is 0 Å². The summed E-state index contributed by atoms with van der Waals surface area (Å²) in [7, 11) is 1.44. The molecule has 0 atom stereocenters. The van der Waals surface area contributed by atoms with Crippen LogP contribution in [0.25, 0.3) is 22.3 Å². The molecule has 0 radical (unpaired) electrons. The van der Waals surface area contributed by atoms with Gasteiger partial charge < -0.3 is 0 Å². The van der Waals surface area contributed by atoms with Gasteiger partial charge in [-0.15, -0.1) is 0 Å². The minimum Gasteiger partial charge on any atom is -0.294 e. The monoisotopic (exact) mass is 1040 g/mol. The standard InChI is InChI=1S/C72H48N2O6/c1-43-19-27-48(28-20-43)71(61-15-7-3-11-53(61)54-12-4-8-16-62(54)71)51-33-35-52(36-34-51)74-69(79)58-38-26-47(42-60(58)70(74)80)66(76)40-45-23-31-50(32-24-45)72(63-17-9-5-13-55(63)56-14-6-10-18-64(56)72)49-29-21-44(22-30-49)39-65(75)46-25-37-57-59(41-46)68(78)73(2)67(57)77/h3-38,41-42H,39-40H2,1-2H3. The van der Waals surface area contributed by atoms with Crippen molar-refractivity contribution in [1.29, 1.82) is 0 Å². The van der Waals surface area contributed by atoms with Crippen molar-refractivity contribution in [2.24, 2.45) is 0 Å². The smallest absolute Gasteiger partial charge is 0.266 e. The lowest BCUT2D eigenvalue weighted by atomic mass is 9.67. The zero-order valence-corrected chi connectivity index (χ0v) is 43.7. The fourth-order valence-corrected chi connectivity index (χ4v) is 13.2. The number of nitrogens with zero attached hydrogens (tertiary/aromatic N) is 2. The lowest BCUT2D eigenvalue weighted by molar-refractivity contribution is 0.0691. The maximum absolute atomic E-state index is 14.4. The second-order valence-corrected chi connectivity index (χ2v) is 21.3. The number of imide groups is 2. The lowest BCUT2D eigenvalue weighted by Crippen LogP contribution is -2.30. The number of rotatable bonds is 11. The maximum Gasteiger partial charge on any atom is 0.266 e. The van der Waals surface area contributed by atoms with Crippen LogP contribution in [0.15, 0.2) is 231 Å². The number of anilines is 1. The Kier molecular flexibility index (Phi) is 11.0. The third-order valence-corrected chi connectivity index (χ3v) is 17.1. The van der Waals surface area contributed by atoms with Crippen molar-refractivity contribution in [3.05, 3.63) is 325 Å². The highest BCUT2D eigenvalue weighted by Crippen LogP contribution is 2.58. The molecule has 0 aromatic heterocycles. The molecule has 8 nitrogen and oxygen atoms in total. The fraction of sp³-hybridized carbons (Fsp3) is 0.0833. The second-order valence-electron chi connectivity index (χ2n) is 21.3. The topological polar surface area (TPSA) is 109 Å². The summed E-state index contributed by atoms with van der Waals surface area (Å²) < 4.78 is 0. The molecule has 0 spiro atoms. The molecule has 0 saturated carbocycles. The number of benzene rings is 10. The molecule has 80 heavy (non-hydrogen) atoms. The van der Waals surface area contributed by atoms with E-state index in [-0.39, 0.29) is 47.0 Å². The van der Waals surface area contributed by atoms with Crippen LogP contribution in [-0.4, -0.2) is 47.1 Å². The normalized spacial score (nSPS) is 14.8. The number of amides is 4. The number of carbonyl (C=O) groups excluding carboxylic acids is 6. The first-order valence-corrected chi connectivity index (χ1v) is 26.8. The molecule has 10 aromatic carbocycles. The van der Waals surface area contributed by atoms with Crippen molar-refractivity contribution in [1.82, 2.24) is 4.90 Å².